The van der Waals surface area contributed by atoms with Crippen molar-refractivity contribution in [1.29, 1.82) is 0 Å². The molecule has 0 aliphatic heterocycles. The predicted octanol–water partition coefficient (Wildman–Crippen LogP) is 3.02. The number of hydrogen-bond donors (Lipinski definition) is 1. The molecule has 0 aliphatic rings. The first-order valence-electron chi connectivity index (χ1n) is 7.05. The molecule has 1 aromatic carbocycles. The Kier molecular flexibility index (Phi) is 4.31. The molecule has 5 nitrogen and oxygen atoms in total. The maximum Gasteiger partial charge on any atom is 0.176 e. The number of rotatable bonds is 5. The van der Waals surface area contributed by atoms with Crippen LogP contribution in [0.25, 0.3) is 16.6 Å². The molecule has 3 rings (SSSR count). The number of aromatic nitrogens is 3. The molecule has 0 saturated carbocycles. The van der Waals surface area contributed by atoms with E-state index in [1.54, 1.807) is 10.8 Å². The molecule has 0 radical (unpaired) electrons. The minimum Gasteiger partial charge on any atom is -0.369 e. The van der Waals surface area contributed by atoms with Crippen molar-refractivity contribution < 1.29 is 4.21 Å². The van der Waals surface area contributed by atoms with Gasteiger partial charge in [0.2, 0.25) is 0 Å². The number of aryl methyl sites for hydroxylation is 1. The fourth-order valence-corrected chi connectivity index (χ4v) is 3.11. The summed E-state index contributed by atoms with van der Waals surface area (Å²) in [7, 11) is -0.769. The number of benzene rings is 1. The van der Waals surface area contributed by atoms with Gasteiger partial charge in [-0.15, -0.1) is 0 Å². The summed E-state index contributed by atoms with van der Waals surface area (Å²) in [6.07, 6.45) is 2.55. The zero-order chi connectivity index (χ0) is 15.7. The fourth-order valence-electron chi connectivity index (χ4n) is 2.40. The van der Waals surface area contributed by atoms with Gasteiger partial charge in [-0.2, -0.15) is 5.10 Å². The first-order valence-corrected chi connectivity index (χ1v) is 9.16. The van der Waals surface area contributed by atoms with Crippen LogP contribution in [0, 0.1) is 6.92 Å². The molecule has 0 saturated heterocycles. The molecule has 7 heteroatoms. The normalized spacial score (nSPS) is 12.9. The standard InChI is InChI=1S/C15H17ClN4OS/c1-10-13(16)15-18-14(17-8-5-9-22(2)21)11-6-3-4-7-12(11)20(15)19-10/h3-4,6-7H,5,8-9H2,1-2H3,(H,17,18). The summed E-state index contributed by atoms with van der Waals surface area (Å²) in [6.45, 7) is 2.59. The third-order valence-electron chi connectivity index (χ3n) is 3.47. The van der Waals surface area contributed by atoms with Gasteiger partial charge < -0.3 is 5.32 Å². The molecule has 1 unspecified atom stereocenters. The predicted molar refractivity (Wildman–Crippen MR) is 92.3 cm³/mol. The van der Waals surface area contributed by atoms with Gasteiger partial charge in [-0.05, 0) is 25.5 Å². The topological polar surface area (TPSA) is 59.3 Å². The average Bonchev–Trinajstić information content (AvgIpc) is 2.79. The van der Waals surface area contributed by atoms with Gasteiger partial charge in [0.25, 0.3) is 0 Å². The Morgan fingerprint density at radius 3 is 2.91 bits per heavy atom. The molecule has 0 spiro atoms. The van der Waals surface area contributed by atoms with E-state index in [1.165, 1.54) is 0 Å². The van der Waals surface area contributed by atoms with E-state index in [-0.39, 0.29) is 0 Å². The summed E-state index contributed by atoms with van der Waals surface area (Å²) in [6, 6.07) is 7.95. The molecular weight excluding hydrogens is 320 g/mol. The number of anilines is 1. The lowest BCUT2D eigenvalue weighted by atomic mass is 10.2. The smallest absolute Gasteiger partial charge is 0.176 e. The maximum absolute atomic E-state index is 11.1. The summed E-state index contributed by atoms with van der Waals surface area (Å²) < 4.78 is 12.9. The van der Waals surface area contributed by atoms with Crippen molar-refractivity contribution >= 4 is 44.8 Å². The quantitative estimate of drug-likeness (QED) is 0.728. The highest BCUT2D eigenvalue weighted by molar-refractivity contribution is 7.84. The molecule has 2 heterocycles. The van der Waals surface area contributed by atoms with E-state index >= 15 is 0 Å². The van der Waals surface area contributed by atoms with E-state index in [2.05, 4.69) is 15.4 Å². The molecule has 22 heavy (non-hydrogen) atoms. The molecule has 0 bridgehead atoms. The molecule has 2 aromatic heterocycles. The molecule has 0 amide bonds. The largest absolute Gasteiger partial charge is 0.369 e. The van der Waals surface area contributed by atoms with Gasteiger partial charge in [-0.25, -0.2) is 9.50 Å². The number of nitrogens with zero attached hydrogens (tertiary/aromatic N) is 3. The third-order valence-corrected chi connectivity index (χ3v) is 4.78. The molecule has 3 aromatic rings. The molecule has 0 fully saturated rings. The van der Waals surface area contributed by atoms with Crippen LogP contribution in [-0.2, 0) is 10.8 Å². The van der Waals surface area contributed by atoms with Crippen molar-refractivity contribution in [3.63, 3.8) is 0 Å². The highest BCUT2D eigenvalue weighted by Gasteiger charge is 2.14. The summed E-state index contributed by atoms with van der Waals surface area (Å²) in [5.41, 5.74) is 2.38. The molecule has 0 aliphatic carbocycles. The fraction of sp³-hybridized carbons (Fsp3) is 0.333. The van der Waals surface area contributed by atoms with Crippen molar-refractivity contribution in [2.24, 2.45) is 0 Å². The van der Waals surface area contributed by atoms with Gasteiger partial charge in [0.1, 0.15) is 10.8 Å². The van der Waals surface area contributed by atoms with Crippen molar-refractivity contribution in [2.45, 2.75) is 13.3 Å². The Labute approximate surface area is 136 Å². The van der Waals surface area contributed by atoms with Gasteiger partial charge in [-0.1, -0.05) is 23.7 Å². The van der Waals surface area contributed by atoms with Crippen LogP contribution in [0.3, 0.4) is 0 Å². The monoisotopic (exact) mass is 336 g/mol. The zero-order valence-corrected chi connectivity index (χ0v) is 14.0. The van der Waals surface area contributed by atoms with Crippen LogP contribution in [0.2, 0.25) is 5.02 Å². The summed E-state index contributed by atoms with van der Waals surface area (Å²) in [5, 5.41) is 9.35. The third kappa shape index (κ3) is 2.80. The number of halogens is 1. The highest BCUT2D eigenvalue weighted by Crippen LogP contribution is 2.28. The Hall–Kier alpha value is -1.66. The van der Waals surface area contributed by atoms with Gasteiger partial charge in [0.15, 0.2) is 5.65 Å². The Morgan fingerprint density at radius 2 is 2.14 bits per heavy atom. The van der Waals surface area contributed by atoms with E-state index < -0.39 is 10.8 Å². The highest BCUT2D eigenvalue weighted by atomic mass is 35.5. The van der Waals surface area contributed by atoms with E-state index in [9.17, 15) is 4.21 Å². The van der Waals surface area contributed by atoms with Crippen LogP contribution in [0.15, 0.2) is 24.3 Å². The van der Waals surface area contributed by atoms with Crippen LogP contribution in [0.5, 0.6) is 0 Å². The molecular formula is C15H17ClN4OS. The first-order chi connectivity index (χ1) is 10.6. The number of hydrogen-bond acceptors (Lipinski definition) is 4. The van der Waals surface area contributed by atoms with Gasteiger partial charge in [0.05, 0.1) is 11.2 Å². The second kappa shape index (κ2) is 6.22. The molecule has 1 N–H and O–H groups in total. The van der Waals surface area contributed by atoms with Gasteiger partial charge in [0, 0.05) is 34.7 Å². The van der Waals surface area contributed by atoms with Crippen LogP contribution >= 0.6 is 11.6 Å². The van der Waals surface area contributed by atoms with E-state index in [1.807, 2.05) is 31.2 Å². The van der Waals surface area contributed by atoms with Crippen molar-refractivity contribution in [1.82, 2.24) is 14.6 Å². The maximum atomic E-state index is 11.1. The Balaban J connectivity index is 2.03. The first kappa shape index (κ1) is 15.2. The van der Waals surface area contributed by atoms with Crippen LogP contribution in [0.4, 0.5) is 5.82 Å². The SMILES string of the molecule is Cc1nn2c(nc(NCCCS(C)=O)c3ccccc32)c1Cl. The van der Waals surface area contributed by atoms with Crippen molar-refractivity contribution in [3.05, 3.63) is 35.0 Å². The van der Waals surface area contributed by atoms with Gasteiger partial charge >= 0.3 is 0 Å². The summed E-state index contributed by atoms with van der Waals surface area (Å²) in [5.74, 6) is 1.46. The summed E-state index contributed by atoms with van der Waals surface area (Å²) in [4.78, 5) is 4.62. The number of para-hydroxylation sites is 1. The average molecular weight is 337 g/mol. The second-order valence-corrected chi connectivity index (χ2v) is 7.10. The lowest BCUT2D eigenvalue weighted by Crippen LogP contribution is -2.09. The summed E-state index contributed by atoms with van der Waals surface area (Å²) >= 11 is 6.30. The lowest BCUT2D eigenvalue weighted by molar-refractivity contribution is 0.685. The van der Waals surface area contributed by atoms with Crippen LogP contribution < -0.4 is 5.32 Å². The molecule has 1 atom stereocenters. The van der Waals surface area contributed by atoms with E-state index in [0.29, 0.717) is 16.4 Å². The Morgan fingerprint density at radius 1 is 1.36 bits per heavy atom. The number of nitrogens with one attached hydrogen (secondary N) is 1. The minimum absolute atomic E-state index is 0.573. The van der Waals surface area contributed by atoms with Crippen LogP contribution in [0.1, 0.15) is 12.1 Å². The van der Waals surface area contributed by atoms with Crippen molar-refractivity contribution in [3.8, 4) is 0 Å². The van der Waals surface area contributed by atoms with E-state index in [4.69, 9.17) is 11.6 Å². The van der Waals surface area contributed by atoms with Gasteiger partial charge in [-0.3, -0.25) is 4.21 Å². The minimum atomic E-state index is -0.769. The second-order valence-electron chi connectivity index (χ2n) is 5.17. The lowest BCUT2D eigenvalue weighted by Gasteiger charge is -2.10. The zero-order valence-electron chi connectivity index (χ0n) is 12.5. The molecule has 116 valence electrons. The van der Waals surface area contributed by atoms with E-state index in [0.717, 1.165) is 35.4 Å². The number of fused-ring (bicyclic) bond motifs is 3. The van der Waals surface area contributed by atoms with Crippen LogP contribution in [-0.4, -0.2) is 37.4 Å². The Bertz CT molecular complexity index is 861. The van der Waals surface area contributed by atoms with Crippen molar-refractivity contribution in [2.75, 3.05) is 23.9 Å².